The third kappa shape index (κ3) is 7.67. The van der Waals surface area contributed by atoms with E-state index >= 15 is 0 Å². The lowest BCUT2D eigenvalue weighted by molar-refractivity contribution is -0.137. The molecule has 1 N–H and O–H groups in total. The second-order valence-electron chi connectivity index (χ2n) is 19.2. The quantitative estimate of drug-likeness (QED) is 0.182. The number of imidazole rings is 1. The molecule has 8 rings (SSSR count). The first-order valence-corrected chi connectivity index (χ1v) is 21.3. The lowest BCUT2D eigenvalue weighted by Crippen LogP contribution is -2.19. The maximum absolute atomic E-state index is 14.0. The van der Waals surface area contributed by atoms with Crippen molar-refractivity contribution in [2.24, 2.45) is 0 Å². The Hall–Kier alpha value is -6.21. The zero-order chi connectivity index (χ0) is 44.6. The molecular weight excluding hydrogens is 776 g/mol. The number of hydrogen-bond donors (Lipinski definition) is 1. The summed E-state index contributed by atoms with van der Waals surface area (Å²) in [4.78, 5) is 10.2. The maximum Gasteiger partial charge on any atom is 0.416 e. The van der Waals surface area contributed by atoms with E-state index in [2.05, 4.69) is 147 Å². The Balaban J connectivity index is 1.58. The van der Waals surface area contributed by atoms with Gasteiger partial charge in [-0.1, -0.05) is 128 Å². The molecule has 0 unspecified atom stereocenters. The molecule has 0 spiro atoms. The Bertz CT molecular complexity index is 2990. The fourth-order valence-electron chi connectivity index (χ4n) is 9.12. The van der Waals surface area contributed by atoms with Crippen molar-refractivity contribution in [1.29, 1.82) is 0 Å². The van der Waals surface area contributed by atoms with Gasteiger partial charge in [-0.05, 0) is 130 Å². The number of phenols is 1. The van der Waals surface area contributed by atoms with Crippen LogP contribution in [-0.2, 0) is 17.0 Å². The average molecular weight is 830 g/mol. The number of aromatic hydroxyl groups is 1. The molecule has 0 saturated carbocycles. The van der Waals surface area contributed by atoms with Crippen molar-refractivity contribution in [1.82, 2.24) is 14.5 Å². The van der Waals surface area contributed by atoms with E-state index in [-0.39, 0.29) is 22.3 Å². The SMILES string of the molecule is Cc1cc(C)c(-n2c(-c3ccc(C(F)(F)F)cc3O)nc3c(-c4cc(-c5cccc6cccnc56)cc(C(C)C)c4)cc(-c4c(C(C)(C)C)cccc4C(C)(C)C)cc32)c(C)c1. The normalized spacial score (nSPS) is 12.6. The van der Waals surface area contributed by atoms with Gasteiger partial charge in [0.05, 0.1) is 33.4 Å². The molecular formula is C55H54F3N3O. The van der Waals surface area contributed by atoms with Crippen LogP contribution in [0.15, 0.2) is 115 Å². The van der Waals surface area contributed by atoms with Crippen LogP contribution in [0.5, 0.6) is 5.75 Å². The molecule has 62 heavy (non-hydrogen) atoms. The first-order valence-electron chi connectivity index (χ1n) is 21.3. The van der Waals surface area contributed by atoms with Crippen LogP contribution in [-0.4, -0.2) is 19.6 Å². The van der Waals surface area contributed by atoms with Crippen molar-refractivity contribution < 1.29 is 18.3 Å². The molecule has 316 valence electrons. The Morgan fingerprint density at radius 3 is 1.82 bits per heavy atom. The zero-order valence-corrected chi connectivity index (χ0v) is 37.5. The highest BCUT2D eigenvalue weighted by molar-refractivity contribution is 6.02. The van der Waals surface area contributed by atoms with Crippen molar-refractivity contribution in [3.8, 4) is 56.2 Å². The number of para-hydroxylation sites is 1. The molecule has 0 aliphatic heterocycles. The smallest absolute Gasteiger partial charge is 0.416 e. The topological polar surface area (TPSA) is 50.9 Å². The summed E-state index contributed by atoms with van der Waals surface area (Å²) < 4.78 is 44.1. The van der Waals surface area contributed by atoms with Crippen LogP contribution in [0.4, 0.5) is 13.2 Å². The maximum atomic E-state index is 14.0. The Labute approximate surface area is 363 Å². The molecule has 0 bridgehead atoms. The number of aromatic nitrogens is 3. The van der Waals surface area contributed by atoms with E-state index in [1.165, 1.54) is 17.2 Å². The number of benzene rings is 6. The molecule has 0 radical (unpaired) electrons. The third-order valence-electron chi connectivity index (χ3n) is 12.0. The molecule has 8 aromatic rings. The van der Waals surface area contributed by atoms with E-state index in [9.17, 15) is 18.3 Å². The molecule has 0 aliphatic carbocycles. The van der Waals surface area contributed by atoms with E-state index in [1.807, 2.05) is 30.7 Å². The molecule has 0 saturated heterocycles. The van der Waals surface area contributed by atoms with E-state index in [0.717, 1.165) is 89.9 Å². The van der Waals surface area contributed by atoms with Crippen molar-refractivity contribution >= 4 is 21.9 Å². The molecule has 0 atom stereocenters. The summed E-state index contributed by atoms with van der Waals surface area (Å²) in [7, 11) is 0. The van der Waals surface area contributed by atoms with Crippen LogP contribution < -0.4 is 0 Å². The molecule has 2 aromatic heterocycles. The number of phenolic OH excluding ortho intramolecular Hbond substituents is 1. The summed E-state index contributed by atoms with van der Waals surface area (Å²) in [6, 6.07) is 35.4. The highest BCUT2D eigenvalue weighted by Gasteiger charge is 2.33. The molecule has 6 aromatic carbocycles. The van der Waals surface area contributed by atoms with E-state index < -0.39 is 17.5 Å². The van der Waals surface area contributed by atoms with Gasteiger partial charge in [-0.2, -0.15) is 13.2 Å². The molecule has 4 nitrogen and oxygen atoms in total. The highest BCUT2D eigenvalue weighted by atomic mass is 19.4. The second kappa shape index (κ2) is 15.3. The van der Waals surface area contributed by atoms with Crippen LogP contribution >= 0.6 is 0 Å². The predicted molar refractivity (Wildman–Crippen MR) is 250 cm³/mol. The van der Waals surface area contributed by atoms with E-state index in [4.69, 9.17) is 9.97 Å². The largest absolute Gasteiger partial charge is 0.507 e. The van der Waals surface area contributed by atoms with Gasteiger partial charge in [-0.25, -0.2) is 4.98 Å². The van der Waals surface area contributed by atoms with Crippen molar-refractivity contribution in [3.05, 3.63) is 154 Å². The summed E-state index contributed by atoms with van der Waals surface area (Å²) in [6.07, 6.45) is -2.81. The number of pyridine rings is 1. The van der Waals surface area contributed by atoms with Crippen LogP contribution in [0, 0.1) is 20.8 Å². The van der Waals surface area contributed by atoms with Gasteiger partial charge in [0.2, 0.25) is 0 Å². The highest BCUT2D eigenvalue weighted by Crippen LogP contribution is 2.47. The van der Waals surface area contributed by atoms with Gasteiger partial charge < -0.3 is 5.11 Å². The van der Waals surface area contributed by atoms with Crippen molar-refractivity contribution in [3.63, 3.8) is 0 Å². The summed E-state index contributed by atoms with van der Waals surface area (Å²) in [5.74, 6) is 0.0269. The van der Waals surface area contributed by atoms with Gasteiger partial charge in [-0.3, -0.25) is 9.55 Å². The summed E-state index contributed by atoms with van der Waals surface area (Å²) >= 11 is 0. The van der Waals surface area contributed by atoms with Gasteiger partial charge in [-0.15, -0.1) is 0 Å². The van der Waals surface area contributed by atoms with Gasteiger partial charge in [0.1, 0.15) is 11.6 Å². The predicted octanol–water partition coefficient (Wildman–Crippen LogP) is 15.6. The fraction of sp³-hybridized carbons (Fsp3) is 0.273. The molecule has 0 aliphatic rings. The number of aryl methyl sites for hydroxylation is 3. The van der Waals surface area contributed by atoms with E-state index in [0.29, 0.717) is 11.3 Å². The first-order chi connectivity index (χ1) is 29.1. The Morgan fingerprint density at radius 2 is 1.23 bits per heavy atom. The second-order valence-corrected chi connectivity index (χ2v) is 19.2. The van der Waals surface area contributed by atoms with Crippen molar-refractivity contribution in [2.45, 2.75) is 99.1 Å². The number of halogens is 3. The Morgan fingerprint density at radius 1 is 0.613 bits per heavy atom. The lowest BCUT2D eigenvalue weighted by atomic mass is 9.74. The molecule has 0 amide bonds. The first kappa shape index (κ1) is 42.5. The minimum Gasteiger partial charge on any atom is -0.507 e. The van der Waals surface area contributed by atoms with Gasteiger partial charge in [0, 0.05) is 22.7 Å². The van der Waals surface area contributed by atoms with Gasteiger partial charge in [0.25, 0.3) is 0 Å². The summed E-state index contributed by atoms with van der Waals surface area (Å²) in [5, 5.41) is 12.6. The molecule has 7 heteroatoms. The minimum absolute atomic E-state index is 0.180. The monoisotopic (exact) mass is 829 g/mol. The standard InChI is InChI=1S/C55H54F3N3O/c1-31(2)36-25-37(41-17-12-15-35-16-14-22-59-49(35)41)27-38(26-36)43-28-39(48-44(53(6,7)8)18-13-19-45(48)54(9,10)11)29-46-50(43)60-52(42-21-20-40(30-47(42)62)55(56,57)58)61(46)51-33(4)23-32(3)24-34(51)5/h12-31,62H,1-11H3. The fourth-order valence-corrected chi connectivity index (χ4v) is 9.12. The molecule has 0 fully saturated rings. The average Bonchev–Trinajstić information content (AvgIpc) is 3.56. The van der Waals surface area contributed by atoms with E-state index in [1.54, 1.807) is 0 Å². The zero-order valence-electron chi connectivity index (χ0n) is 37.5. The number of hydrogen-bond acceptors (Lipinski definition) is 3. The minimum atomic E-state index is -4.63. The van der Waals surface area contributed by atoms with Crippen LogP contribution in [0.2, 0.25) is 0 Å². The number of rotatable bonds is 6. The number of fused-ring (bicyclic) bond motifs is 2. The van der Waals surface area contributed by atoms with Gasteiger partial charge in [0.15, 0.2) is 0 Å². The van der Waals surface area contributed by atoms with Crippen molar-refractivity contribution in [2.75, 3.05) is 0 Å². The number of alkyl halides is 3. The van der Waals surface area contributed by atoms with Gasteiger partial charge >= 0.3 is 6.18 Å². The summed E-state index contributed by atoms with van der Waals surface area (Å²) in [6.45, 7) is 24.0. The summed E-state index contributed by atoms with van der Waals surface area (Å²) in [5.41, 5.74) is 14.6. The number of nitrogens with zero attached hydrogens (tertiary/aromatic N) is 3. The Kier molecular flexibility index (Phi) is 10.5. The lowest BCUT2D eigenvalue weighted by Gasteiger charge is -2.30. The third-order valence-corrected chi connectivity index (χ3v) is 12.0. The van der Waals surface area contributed by atoms with Crippen LogP contribution in [0.3, 0.4) is 0 Å². The van der Waals surface area contributed by atoms with Crippen LogP contribution in [0.1, 0.15) is 100 Å². The molecule has 2 heterocycles. The van der Waals surface area contributed by atoms with Crippen LogP contribution in [0.25, 0.3) is 72.4 Å².